The number of nitriles is 1. The molecule has 1 amide bonds. The monoisotopic (exact) mass is 301 g/mol. The van der Waals surface area contributed by atoms with Crippen LogP contribution in [0.5, 0.6) is 0 Å². The van der Waals surface area contributed by atoms with Gasteiger partial charge in [0.1, 0.15) is 11.8 Å². The number of aliphatic hydroxyl groups is 1. The summed E-state index contributed by atoms with van der Waals surface area (Å²) in [6, 6.07) is 9.12. The number of carbonyl (C=O) groups excluding carboxylic acids is 1. The summed E-state index contributed by atoms with van der Waals surface area (Å²) in [4.78, 5) is 11.9. The maximum absolute atomic E-state index is 11.9. The second-order valence-corrected chi connectivity index (χ2v) is 5.28. The summed E-state index contributed by atoms with van der Waals surface area (Å²) in [5.41, 5.74) is -0.0278. The molecule has 0 bridgehead atoms. The first-order valence-corrected chi connectivity index (χ1v) is 7.42. The van der Waals surface area contributed by atoms with E-state index in [1.807, 2.05) is 25.1 Å². The highest BCUT2D eigenvalue weighted by molar-refractivity contribution is 7.13. The van der Waals surface area contributed by atoms with Crippen molar-refractivity contribution >= 4 is 33.3 Å². The molecule has 0 unspecified atom stereocenters. The highest BCUT2D eigenvalue weighted by Gasteiger charge is 2.19. The number of amides is 1. The molecule has 5 nitrogen and oxygen atoms in total. The summed E-state index contributed by atoms with van der Waals surface area (Å²) in [6.07, 6.45) is 1.76. The Hall–Kier alpha value is -2.39. The van der Waals surface area contributed by atoms with Crippen LogP contribution in [0, 0.1) is 11.3 Å². The minimum absolute atomic E-state index is 0.276. The first kappa shape index (κ1) is 15.0. The van der Waals surface area contributed by atoms with Crippen LogP contribution in [0.1, 0.15) is 25.5 Å². The normalized spacial score (nSPS) is 11.8. The summed E-state index contributed by atoms with van der Waals surface area (Å²) in [5.74, 6) is -0.940. The maximum atomic E-state index is 11.9. The number of unbranched alkanes of at least 4 members (excludes halogenated alkanes) is 1. The number of nitrogens with one attached hydrogen (secondary N) is 1. The predicted molar refractivity (Wildman–Crippen MR) is 82.7 cm³/mol. The van der Waals surface area contributed by atoms with Crippen molar-refractivity contribution in [2.24, 2.45) is 0 Å². The molecule has 2 rings (SSSR count). The average Bonchev–Trinajstić information content (AvgIpc) is 2.92. The van der Waals surface area contributed by atoms with E-state index in [2.05, 4.69) is 9.69 Å². The Kier molecular flexibility index (Phi) is 4.90. The Morgan fingerprint density at radius 2 is 2.24 bits per heavy atom. The van der Waals surface area contributed by atoms with Gasteiger partial charge in [0.2, 0.25) is 0 Å². The average molecular weight is 301 g/mol. The van der Waals surface area contributed by atoms with Gasteiger partial charge in [-0.2, -0.15) is 9.64 Å². The molecule has 0 atom stereocenters. The fraction of sp³-hybridized carbons (Fsp3) is 0.267. The van der Waals surface area contributed by atoms with Crippen LogP contribution in [0.2, 0.25) is 0 Å². The van der Waals surface area contributed by atoms with E-state index >= 15 is 0 Å². The van der Waals surface area contributed by atoms with Gasteiger partial charge in [-0.3, -0.25) is 4.79 Å². The molecule has 1 aromatic carbocycles. The van der Waals surface area contributed by atoms with E-state index in [9.17, 15) is 9.90 Å². The molecule has 0 fully saturated rings. The summed E-state index contributed by atoms with van der Waals surface area (Å²) in [5, 5.41) is 22.7. The van der Waals surface area contributed by atoms with Gasteiger partial charge in [0.15, 0.2) is 11.3 Å². The zero-order valence-electron chi connectivity index (χ0n) is 11.6. The number of hydrogen-bond donors (Lipinski definition) is 2. The lowest BCUT2D eigenvalue weighted by molar-refractivity contribution is -0.117. The molecule has 1 heterocycles. The zero-order valence-corrected chi connectivity index (χ0v) is 12.4. The highest BCUT2D eigenvalue weighted by atomic mass is 32.1. The van der Waals surface area contributed by atoms with Crippen molar-refractivity contribution in [3.05, 3.63) is 35.5 Å². The van der Waals surface area contributed by atoms with Crippen molar-refractivity contribution in [2.45, 2.75) is 19.8 Å². The largest absolute Gasteiger partial charge is 0.504 e. The van der Waals surface area contributed by atoms with Crippen molar-refractivity contribution in [3.8, 4) is 6.07 Å². The van der Waals surface area contributed by atoms with Gasteiger partial charge in [-0.25, -0.2) is 0 Å². The Morgan fingerprint density at radius 1 is 1.48 bits per heavy atom. The lowest BCUT2D eigenvalue weighted by atomic mass is 10.1. The molecule has 1 aromatic heterocycles. The highest BCUT2D eigenvalue weighted by Crippen LogP contribution is 2.27. The predicted octanol–water partition coefficient (Wildman–Crippen LogP) is 3.01. The van der Waals surface area contributed by atoms with Gasteiger partial charge in [0.25, 0.3) is 5.91 Å². The minimum Gasteiger partial charge on any atom is -0.504 e. The maximum Gasteiger partial charge on any atom is 0.265 e. The summed E-state index contributed by atoms with van der Waals surface area (Å²) in [7, 11) is 0. The third-order valence-corrected chi connectivity index (χ3v) is 3.82. The number of aromatic nitrogens is 1. The quantitative estimate of drug-likeness (QED) is 0.385. The second-order valence-electron chi connectivity index (χ2n) is 4.47. The van der Waals surface area contributed by atoms with Crippen LogP contribution in [0.25, 0.3) is 15.8 Å². The van der Waals surface area contributed by atoms with Gasteiger partial charge < -0.3 is 10.4 Å². The number of carbonyl (C=O) groups is 1. The molecule has 0 aliphatic heterocycles. The molecule has 0 aliphatic carbocycles. The van der Waals surface area contributed by atoms with E-state index in [0.29, 0.717) is 6.54 Å². The van der Waals surface area contributed by atoms with E-state index < -0.39 is 5.91 Å². The lowest BCUT2D eigenvalue weighted by Gasteiger charge is -2.04. The van der Waals surface area contributed by atoms with Crippen LogP contribution in [0.4, 0.5) is 0 Å². The van der Waals surface area contributed by atoms with Gasteiger partial charge in [0.05, 0.1) is 4.70 Å². The number of rotatable bonds is 5. The van der Waals surface area contributed by atoms with Crippen LogP contribution >= 0.6 is 11.5 Å². The number of aliphatic hydroxyl groups excluding tert-OH is 1. The summed E-state index contributed by atoms with van der Waals surface area (Å²) < 4.78 is 5.04. The van der Waals surface area contributed by atoms with E-state index in [-0.39, 0.29) is 17.0 Å². The summed E-state index contributed by atoms with van der Waals surface area (Å²) >= 11 is 1.22. The van der Waals surface area contributed by atoms with Crippen molar-refractivity contribution < 1.29 is 9.90 Å². The molecule has 0 saturated carbocycles. The van der Waals surface area contributed by atoms with Gasteiger partial charge in [-0.15, -0.1) is 0 Å². The van der Waals surface area contributed by atoms with E-state index in [1.54, 1.807) is 12.1 Å². The van der Waals surface area contributed by atoms with Crippen LogP contribution in [0.15, 0.2) is 29.8 Å². The summed E-state index contributed by atoms with van der Waals surface area (Å²) in [6.45, 7) is 2.48. The molecule has 6 heteroatoms. The second kappa shape index (κ2) is 6.86. The molecule has 108 valence electrons. The van der Waals surface area contributed by atoms with E-state index in [0.717, 1.165) is 22.9 Å². The van der Waals surface area contributed by atoms with Crippen LogP contribution in [-0.2, 0) is 4.79 Å². The topological polar surface area (TPSA) is 86.0 Å². The van der Waals surface area contributed by atoms with Crippen molar-refractivity contribution in [1.29, 1.82) is 5.26 Å². The Morgan fingerprint density at radius 3 is 2.95 bits per heavy atom. The van der Waals surface area contributed by atoms with E-state index in [4.69, 9.17) is 5.26 Å². The fourth-order valence-electron chi connectivity index (χ4n) is 1.85. The molecule has 0 spiro atoms. The number of fused-ring (bicyclic) bond motifs is 1. The number of benzene rings is 1. The van der Waals surface area contributed by atoms with Gasteiger partial charge in [-0.1, -0.05) is 31.5 Å². The van der Waals surface area contributed by atoms with Crippen molar-refractivity contribution in [3.63, 3.8) is 0 Å². The Bertz CT molecular complexity index is 728. The van der Waals surface area contributed by atoms with Crippen molar-refractivity contribution in [1.82, 2.24) is 9.69 Å². The zero-order chi connectivity index (χ0) is 15.2. The van der Waals surface area contributed by atoms with Gasteiger partial charge in [0, 0.05) is 11.9 Å². The molecule has 0 radical (unpaired) electrons. The standard InChI is InChI=1S/C15H15N3O2S/c1-2-3-8-17-15(20)11(9-16)14(19)13-10-6-4-5-7-12(10)21-18-13/h4-7,19H,2-3,8H2,1H3,(H,17,20)/b14-11-. The van der Waals surface area contributed by atoms with Crippen LogP contribution in [0.3, 0.4) is 0 Å². The molecule has 2 aromatic rings. The lowest BCUT2D eigenvalue weighted by Crippen LogP contribution is -2.26. The number of hydrogen-bond acceptors (Lipinski definition) is 5. The van der Waals surface area contributed by atoms with Gasteiger partial charge in [-0.05, 0) is 24.0 Å². The number of nitrogens with zero attached hydrogens (tertiary/aromatic N) is 2. The molecule has 2 N–H and O–H groups in total. The van der Waals surface area contributed by atoms with Crippen molar-refractivity contribution in [2.75, 3.05) is 6.54 Å². The Labute approximate surface area is 126 Å². The van der Waals surface area contributed by atoms with Crippen LogP contribution < -0.4 is 5.32 Å². The minimum atomic E-state index is -0.569. The molecule has 21 heavy (non-hydrogen) atoms. The smallest absolute Gasteiger partial charge is 0.265 e. The van der Waals surface area contributed by atoms with Gasteiger partial charge >= 0.3 is 0 Å². The Balaban J connectivity index is 2.35. The third-order valence-electron chi connectivity index (χ3n) is 2.99. The third kappa shape index (κ3) is 3.20. The molecular formula is C15H15N3O2S. The molecule has 0 saturated heterocycles. The first-order chi connectivity index (χ1) is 10.2. The van der Waals surface area contributed by atoms with E-state index in [1.165, 1.54) is 11.5 Å². The van der Waals surface area contributed by atoms with Crippen LogP contribution in [-0.4, -0.2) is 21.9 Å². The molecular weight excluding hydrogens is 286 g/mol. The SMILES string of the molecule is CCCCNC(=O)/C(C#N)=C(\O)c1nsc2ccccc12. The fourth-order valence-corrected chi connectivity index (χ4v) is 2.63. The first-order valence-electron chi connectivity index (χ1n) is 6.65. The molecule has 0 aliphatic rings.